The molecule has 1 atom stereocenters. The Kier molecular flexibility index (Phi) is 5.77. The van der Waals surface area contributed by atoms with E-state index in [0.29, 0.717) is 19.1 Å². The molecule has 1 amide bonds. The van der Waals surface area contributed by atoms with E-state index < -0.39 is 6.10 Å². The van der Waals surface area contributed by atoms with E-state index in [1.807, 2.05) is 6.92 Å². The summed E-state index contributed by atoms with van der Waals surface area (Å²) in [6.07, 6.45) is 3.74. The average Bonchev–Trinajstić information content (AvgIpc) is 3.07. The number of likely N-dealkylation sites (N-methyl/N-ethyl adjacent to an activating group) is 1. The second-order valence-electron chi connectivity index (χ2n) is 4.54. The standard InChI is InChI=1S/C12H24N2O2/c1-3-5-11(15)8-13-12(16)9-14(4-2)10-6-7-10/h10-11,15H,3-9H2,1-2H3,(H,13,16). The first-order valence-corrected chi connectivity index (χ1v) is 6.36. The minimum Gasteiger partial charge on any atom is -0.391 e. The highest BCUT2D eigenvalue weighted by Gasteiger charge is 2.28. The first-order chi connectivity index (χ1) is 7.67. The van der Waals surface area contributed by atoms with Gasteiger partial charge in [-0.05, 0) is 25.8 Å². The second kappa shape index (κ2) is 6.86. The Hall–Kier alpha value is -0.610. The fourth-order valence-electron chi connectivity index (χ4n) is 1.85. The monoisotopic (exact) mass is 228 g/mol. The summed E-state index contributed by atoms with van der Waals surface area (Å²) in [6, 6.07) is 0.622. The van der Waals surface area contributed by atoms with Gasteiger partial charge in [0, 0.05) is 12.6 Å². The number of hydrogen-bond acceptors (Lipinski definition) is 3. The summed E-state index contributed by atoms with van der Waals surface area (Å²) in [5.41, 5.74) is 0. The van der Waals surface area contributed by atoms with Crippen molar-refractivity contribution in [3.8, 4) is 0 Å². The summed E-state index contributed by atoms with van der Waals surface area (Å²) in [7, 11) is 0. The molecular formula is C12H24N2O2. The molecule has 0 aliphatic heterocycles. The van der Waals surface area contributed by atoms with Crippen molar-refractivity contribution in [3.63, 3.8) is 0 Å². The lowest BCUT2D eigenvalue weighted by atomic mass is 10.2. The molecule has 1 saturated carbocycles. The van der Waals surface area contributed by atoms with Crippen LogP contribution >= 0.6 is 0 Å². The lowest BCUT2D eigenvalue weighted by Gasteiger charge is -2.19. The fourth-order valence-corrected chi connectivity index (χ4v) is 1.85. The van der Waals surface area contributed by atoms with Crippen molar-refractivity contribution in [1.29, 1.82) is 0 Å². The number of amides is 1. The van der Waals surface area contributed by atoms with Crippen LogP contribution in [-0.2, 0) is 4.79 Å². The summed E-state index contributed by atoms with van der Waals surface area (Å²) in [6.45, 7) is 5.89. The molecule has 2 N–H and O–H groups in total. The maximum atomic E-state index is 11.6. The van der Waals surface area contributed by atoms with Crippen LogP contribution in [0.2, 0.25) is 0 Å². The fraction of sp³-hybridized carbons (Fsp3) is 0.917. The number of aliphatic hydroxyl groups excluding tert-OH is 1. The predicted octanol–water partition coefficient (Wildman–Crippen LogP) is 0.748. The molecule has 1 aliphatic rings. The van der Waals surface area contributed by atoms with Crippen molar-refractivity contribution in [2.45, 2.75) is 51.7 Å². The molecule has 0 spiro atoms. The lowest BCUT2D eigenvalue weighted by molar-refractivity contribution is -0.122. The molecule has 16 heavy (non-hydrogen) atoms. The minimum atomic E-state index is -0.398. The molecule has 1 rings (SSSR count). The number of carbonyl (C=O) groups is 1. The molecule has 0 saturated heterocycles. The summed E-state index contributed by atoms with van der Waals surface area (Å²) in [5, 5.41) is 12.3. The average molecular weight is 228 g/mol. The van der Waals surface area contributed by atoms with Gasteiger partial charge in [-0.3, -0.25) is 9.69 Å². The zero-order chi connectivity index (χ0) is 12.0. The lowest BCUT2D eigenvalue weighted by Crippen LogP contribution is -2.41. The topological polar surface area (TPSA) is 52.6 Å². The first kappa shape index (κ1) is 13.5. The number of aliphatic hydroxyl groups is 1. The highest BCUT2D eigenvalue weighted by atomic mass is 16.3. The maximum absolute atomic E-state index is 11.6. The van der Waals surface area contributed by atoms with E-state index in [1.54, 1.807) is 0 Å². The molecule has 1 unspecified atom stereocenters. The van der Waals surface area contributed by atoms with Gasteiger partial charge in [0.2, 0.25) is 5.91 Å². The van der Waals surface area contributed by atoms with Gasteiger partial charge in [0.15, 0.2) is 0 Å². The molecular weight excluding hydrogens is 204 g/mol. The van der Waals surface area contributed by atoms with Gasteiger partial charge in [-0.1, -0.05) is 20.3 Å². The first-order valence-electron chi connectivity index (χ1n) is 6.36. The maximum Gasteiger partial charge on any atom is 0.234 e. The number of rotatable bonds is 8. The second-order valence-corrected chi connectivity index (χ2v) is 4.54. The van der Waals surface area contributed by atoms with E-state index in [9.17, 15) is 9.90 Å². The number of hydrogen-bond donors (Lipinski definition) is 2. The molecule has 0 aromatic carbocycles. The molecule has 4 heteroatoms. The van der Waals surface area contributed by atoms with Crippen molar-refractivity contribution >= 4 is 5.91 Å². The van der Waals surface area contributed by atoms with Crippen LogP contribution in [0, 0.1) is 0 Å². The number of nitrogens with one attached hydrogen (secondary N) is 1. The molecule has 1 aliphatic carbocycles. The Labute approximate surface area is 98.0 Å². The normalized spacial score (nSPS) is 17.5. The van der Waals surface area contributed by atoms with Crippen molar-refractivity contribution in [1.82, 2.24) is 10.2 Å². The molecule has 4 nitrogen and oxygen atoms in total. The van der Waals surface area contributed by atoms with E-state index in [-0.39, 0.29) is 5.91 Å². The van der Waals surface area contributed by atoms with E-state index in [0.717, 1.165) is 19.4 Å². The molecule has 0 radical (unpaired) electrons. The Morgan fingerprint density at radius 2 is 2.19 bits per heavy atom. The van der Waals surface area contributed by atoms with Crippen molar-refractivity contribution in [2.75, 3.05) is 19.6 Å². The third-order valence-electron chi connectivity index (χ3n) is 2.97. The van der Waals surface area contributed by atoms with E-state index >= 15 is 0 Å². The van der Waals surface area contributed by atoms with Gasteiger partial charge in [-0.25, -0.2) is 0 Å². The van der Waals surface area contributed by atoms with Crippen LogP contribution in [0.4, 0.5) is 0 Å². The van der Waals surface area contributed by atoms with Crippen LogP contribution in [0.3, 0.4) is 0 Å². The quantitative estimate of drug-likeness (QED) is 0.644. The molecule has 0 aromatic rings. The Morgan fingerprint density at radius 3 is 2.69 bits per heavy atom. The largest absolute Gasteiger partial charge is 0.391 e. The van der Waals surface area contributed by atoms with Crippen LogP contribution in [0.15, 0.2) is 0 Å². The predicted molar refractivity (Wildman–Crippen MR) is 64.2 cm³/mol. The van der Waals surface area contributed by atoms with E-state index in [2.05, 4.69) is 17.1 Å². The van der Waals surface area contributed by atoms with Gasteiger partial charge in [-0.15, -0.1) is 0 Å². The van der Waals surface area contributed by atoms with Gasteiger partial charge in [-0.2, -0.15) is 0 Å². The van der Waals surface area contributed by atoms with Gasteiger partial charge in [0.1, 0.15) is 0 Å². The molecule has 94 valence electrons. The third kappa shape index (κ3) is 4.94. The van der Waals surface area contributed by atoms with E-state index in [1.165, 1.54) is 12.8 Å². The zero-order valence-electron chi connectivity index (χ0n) is 10.4. The summed E-state index contributed by atoms with van der Waals surface area (Å²) in [5.74, 6) is 0.0314. The third-order valence-corrected chi connectivity index (χ3v) is 2.97. The van der Waals surface area contributed by atoms with Gasteiger partial charge < -0.3 is 10.4 Å². The summed E-state index contributed by atoms with van der Waals surface area (Å²) < 4.78 is 0. The molecule has 0 aromatic heterocycles. The summed E-state index contributed by atoms with van der Waals surface area (Å²) in [4.78, 5) is 13.8. The number of nitrogens with zero attached hydrogens (tertiary/aromatic N) is 1. The smallest absolute Gasteiger partial charge is 0.234 e. The molecule has 0 heterocycles. The van der Waals surface area contributed by atoms with Crippen molar-refractivity contribution < 1.29 is 9.90 Å². The zero-order valence-corrected chi connectivity index (χ0v) is 10.4. The van der Waals surface area contributed by atoms with Crippen LogP contribution in [-0.4, -0.2) is 47.7 Å². The van der Waals surface area contributed by atoms with Crippen molar-refractivity contribution in [3.05, 3.63) is 0 Å². The Bertz CT molecular complexity index is 217. The molecule has 1 fully saturated rings. The number of carbonyl (C=O) groups excluding carboxylic acids is 1. The highest BCUT2D eigenvalue weighted by molar-refractivity contribution is 5.78. The van der Waals surface area contributed by atoms with Crippen LogP contribution in [0.1, 0.15) is 39.5 Å². The highest BCUT2D eigenvalue weighted by Crippen LogP contribution is 2.25. The Balaban J connectivity index is 2.14. The summed E-state index contributed by atoms with van der Waals surface area (Å²) >= 11 is 0. The van der Waals surface area contributed by atoms with E-state index in [4.69, 9.17) is 0 Å². The molecule has 0 bridgehead atoms. The van der Waals surface area contributed by atoms with Gasteiger partial charge >= 0.3 is 0 Å². The minimum absolute atomic E-state index is 0.0314. The Morgan fingerprint density at radius 1 is 1.50 bits per heavy atom. The van der Waals surface area contributed by atoms with Crippen LogP contribution < -0.4 is 5.32 Å². The van der Waals surface area contributed by atoms with Gasteiger partial charge in [0.25, 0.3) is 0 Å². The van der Waals surface area contributed by atoms with Crippen LogP contribution in [0.25, 0.3) is 0 Å². The SMILES string of the molecule is CCCC(O)CNC(=O)CN(CC)C1CC1. The van der Waals surface area contributed by atoms with Gasteiger partial charge in [0.05, 0.1) is 12.6 Å². The van der Waals surface area contributed by atoms with Crippen LogP contribution in [0.5, 0.6) is 0 Å². The van der Waals surface area contributed by atoms with Crippen molar-refractivity contribution in [2.24, 2.45) is 0 Å².